The van der Waals surface area contributed by atoms with Crippen molar-refractivity contribution in [1.82, 2.24) is 29.7 Å². The standard InChI is InChI=1S/C32H35Cl3N8O4/c1-46-26-9-6-21(15-27(26)47-2)5-3-4-10-37-30(44)17-23-19-41(32(45)38-22-7-8-24(33)25(34)16-22)13-14-43(23)29-18-28(35)39-31(40-29)42-12-11-36-20-42/h6-9,11-12,15-16,18,20,23H,3-5,10,13-14,17,19H2,1-2H3,(H,37,44)(H,38,45). The Labute approximate surface area is 287 Å². The molecule has 15 heteroatoms. The summed E-state index contributed by atoms with van der Waals surface area (Å²) in [4.78, 5) is 43.3. The fraction of sp³-hybridized carbons (Fsp3) is 0.344. The van der Waals surface area contributed by atoms with Crippen LogP contribution in [0.15, 0.2) is 61.2 Å². The van der Waals surface area contributed by atoms with Crippen molar-refractivity contribution in [3.8, 4) is 17.4 Å². The minimum absolute atomic E-state index is 0.132. The summed E-state index contributed by atoms with van der Waals surface area (Å²) in [6.45, 7) is 1.57. The number of carbonyl (C=O) groups excluding carboxylic acids is 2. The summed E-state index contributed by atoms with van der Waals surface area (Å²) in [6, 6.07) is 11.7. The van der Waals surface area contributed by atoms with Crippen molar-refractivity contribution in [2.24, 2.45) is 0 Å². The zero-order valence-electron chi connectivity index (χ0n) is 26.0. The summed E-state index contributed by atoms with van der Waals surface area (Å²) in [5.74, 6) is 2.14. The van der Waals surface area contributed by atoms with Gasteiger partial charge in [-0.05, 0) is 55.2 Å². The average Bonchev–Trinajstić information content (AvgIpc) is 3.61. The molecule has 1 atom stereocenters. The summed E-state index contributed by atoms with van der Waals surface area (Å²) in [6.07, 6.45) is 7.56. The van der Waals surface area contributed by atoms with Crippen LogP contribution in [0.2, 0.25) is 15.2 Å². The fourth-order valence-corrected chi connectivity index (χ4v) is 5.80. The van der Waals surface area contributed by atoms with Crippen molar-refractivity contribution in [2.75, 3.05) is 50.6 Å². The molecule has 0 spiro atoms. The second kappa shape index (κ2) is 16.0. The highest BCUT2D eigenvalue weighted by Gasteiger charge is 2.32. The molecule has 12 nitrogen and oxygen atoms in total. The molecular formula is C32H35Cl3N8O4. The van der Waals surface area contributed by atoms with E-state index in [-0.39, 0.29) is 30.1 Å². The van der Waals surface area contributed by atoms with E-state index in [0.29, 0.717) is 58.6 Å². The second-order valence-electron chi connectivity index (χ2n) is 10.9. The lowest BCUT2D eigenvalue weighted by Gasteiger charge is -2.42. The molecule has 3 amide bonds. The van der Waals surface area contributed by atoms with Crippen molar-refractivity contribution in [3.05, 3.63) is 81.9 Å². The molecule has 5 rings (SSSR count). The third-order valence-electron chi connectivity index (χ3n) is 7.72. The molecule has 2 aromatic carbocycles. The number of nitrogens with zero attached hydrogens (tertiary/aromatic N) is 6. The molecule has 1 aliphatic rings. The van der Waals surface area contributed by atoms with Gasteiger partial charge in [-0.2, -0.15) is 4.98 Å². The van der Waals surface area contributed by atoms with Gasteiger partial charge in [-0.15, -0.1) is 0 Å². The number of methoxy groups -OCH3 is 2. The number of piperazine rings is 1. The molecule has 1 fully saturated rings. The number of rotatable bonds is 12. The largest absolute Gasteiger partial charge is 0.493 e. The minimum atomic E-state index is -0.392. The molecule has 2 aromatic heterocycles. The lowest BCUT2D eigenvalue weighted by Crippen LogP contribution is -2.57. The summed E-state index contributed by atoms with van der Waals surface area (Å²) < 4.78 is 12.4. The van der Waals surface area contributed by atoms with E-state index in [1.54, 1.807) is 66.7 Å². The summed E-state index contributed by atoms with van der Waals surface area (Å²) in [5, 5.41) is 6.89. The number of aryl methyl sites for hydroxylation is 1. The molecule has 0 radical (unpaired) electrons. The second-order valence-corrected chi connectivity index (χ2v) is 12.1. The Balaban J connectivity index is 1.23. The van der Waals surface area contributed by atoms with E-state index < -0.39 is 6.04 Å². The first-order chi connectivity index (χ1) is 22.7. The topological polar surface area (TPSA) is 127 Å². The molecule has 2 N–H and O–H groups in total. The van der Waals surface area contributed by atoms with Crippen LogP contribution < -0.4 is 25.0 Å². The Hall–Kier alpha value is -4.26. The van der Waals surface area contributed by atoms with Crippen LogP contribution in [-0.2, 0) is 11.2 Å². The molecule has 3 heterocycles. The number of imidazole rings is 1. The fourth-order valence-electron chi connectivity index (χ4n) is 5.33. The van der Waals surface area contributed by atoms with Crippen molar-refractivity contribution in [2.45, 2.75) is 31.7 Å². The summed E-state index contributed by atoms with van der Waals surface area (Å²) in [5.41, 5.74) is 1.64. The molecule has 47 heavy (non-hydrogen) atoms. The van der Waals surface area contributed by atoms with E-state index in [4.69, 9.17) is 49.3 Å². The van der Waals surface area contributed by atoms with E-state index in [1.165, 1.54) is 0 Å². The smallest absolute Gasteiger partial charge is 0.321 e. The van der Waals surface area contributed by atoms with Gasteiger partial charge in [0.2, 0.25) is 11.9 Å². The number of amides is 3. The monoisotopic (exact) mass is 700 g/mol. The Morgan fingerprint density at radius 2 is 1.79 bits per heavy atom. The maximum Gasteiger partial charge on any atom is 0.321 e. The highest BCUT2D eigenvalue weighted by atomic mass is 35.5. The van der Waals surface area contributed by atoms with Crippen molar-refractivity contribution < 1.29 is 19.1 Å². The van der Waals surface area contributed by atoms with Crippen LogP contribution in [0.1, 0.15) is 24.8 Å². The van der Waals surface area contributed by atoms with Crippen LogP contribution in [0.25, 0.3) is 5.95 Å². The number of halogens is 3. The molecule has 248 valence electrons. The number of hydrogen-bond acceptors (Lipinski definition) is 8. The first kappa shape index (κ1) is 34.1. The Bertz CT molecular complexity index is 1690. The first-order valence-electron chi connectivity index (χ1n) is 15.0. The number of ether oxygens (including phenoxy) is 2. The highest BCUT2D eigenvalue weighted by molar-refractivity contribution is 6.42. The first-order valence-corrected chi connectivity index (χ1v) is 16.2. The van der Waals surface area contributed by atoms with Gasteiger partial charge in [0.15, 0.2) is 11.5 Å². The molecule has 1 unspecified atom stereocenters. The zero-order chi connectivity index (χ0) is 33.3. The van der Waals surface area contributed by atoms with Gasteiger partial charge in [-0.1, -0.05) is 40.9 Å². The van der Waals surface area contributed by atoms with E-state index in [1.807, 2.05) is 23.1 Å². The minimum Gasteiger partial charge on any atom is -0.493 e. The van der Waals surface area contributed by atoms with Gasteiger partial charge >= 0.3 is 6.03 Å². The molecule has 1 saturated heterocycles. The maximum absolute atomic E-state index is 13.3. The molecule has 1 aliphatic heterocycles. The Morgan fingerprint density at radius 1 is 0.957 bits per heavy atom. The number of nitrogens with one attached hydrogen (secondary N) is 2. The van der Waals surface area contributed by atoms with Crippen LogP contribution in [-0.4, -0.2) is 82.8 Å². The van der Waals surface area contributed by atoms with E-state index in [2.05, 4.69) is 20.6 Å². The van der Waals surface area contributed by atoms with Crippen LogP contribution in [0.4, 0.5) is 16.3 Å². The highest BCUT2D eigenvalue weighted by Crippen LogP contribution is 2.29. The SMILES string of the molecule is COc1ccc(CCCCNC(=O)CC2CN(C(=O)Nc3ccc(Cl)c(Cl)c3)CCN2c2cc(Cl)nc(-n3ccnc3)n2)cc1OC. The van der Waals surface area contributed by atoms with Crippen LogP contribution in [0, 0.1) is 0 Å². The Kier molecular flexibility index (Phi) is 11.6. The molecule has 4 aromatic rings. The van der Waals surface area contributed by atoms with Gasteiger partial charge in [-0.25, -0.2) is 14.8 Å². The van der Waals surface area contributed by atoms with Crippen molar-refractivity contribution in [3.63, 3.8) is 0 Å². The van der Waals surface area contributed by atoms with E-state index in [9.17, 15) is 9.59 Å². The third kappa shape index (κ3) is 8.97. The van der Waals surface area contributed by atoms with Crippen LogP contribution in [0.5, 0.6) is 11.5 Å². The van der Waals surface area contributed by atoms with Gasteiger partial charge in [0.25, 0.3) is 0 Å². The lowest BCUT2D eigenvalue weighted by molar-refractivity contribution is -0.121. The predicted octanol–water partition coefficient (Wildman–Crippen LogP) is 5.89. The van der Waals surface area contributed by atoms with Gasteiger partial charge in [0.1, 0.15) is 17.3 Å². The predicted molar refractivity (Wildman–Crippen MR) is 182 cm³/mol. The normalized spacial score (nSPS) is 14.5. The number of benzene rings is 2. The van der Waals surface area contributed by atoms with Gasteiger partial charge in [0, 0.05) is 56.7 Å². The third-order valence-corrected chi connectivity index (χ3v) is 8.66. The van der Waals surface area contributed by atoms with Crippen LogP contribution in [0.3, 0.4) is 0 Å². The van der Waals surface area contributed by atoms with E-state index >= 15 is 0 Å². The maximum atomic E-state index is 13.3. The number of hydrogen-bond donors (Lipinski definition) is 2. The van der Waals surface area contributed by atoms with Gasteiger partial charge in [-0.3, -0.25) is 9.36 Å². The molecule has 0 aliphatic carbocycles. The Morgan fingerprint density at radius 3 is 2.53 bits per heavy atom. The van der Waals surface area contributed by atoms with Crippen molar-refractivity contribution in [1.29, 1.82) is 0 Å². The van der Waals surface area contributed by atoms with Gasteiger partial charge < -0.3 is 29.9 Å². The van der Waals surface area contributed by atoms with Crippen molar-refractivity contribution >= 4 is 58.2 Å². The quantitative estimate of drug-likeness (QED) is 0.138. The average molecular weight is 702 g/mol. The van der Waals surface area contributed by atoms with Gasteiger partial charge in [0.05, 0.1) is 30.3 Å². The summed E-state index contributed by atoms with van der Waals surface area (Å²) in [7, 11) is 3.22. The number of carbonyl (C=O) groups is 2. The number of aromatic nitrogens is 4. The summed E-state index contributed by atoms with van der Waals surface area (Å²) >= 11 is 18.6. The number of anilines is 2. The lowest BCUT2D eigenvalue weighted by atomic mass is 10.1. The molecule has 0 saturated carbocycles. The molecular weight excluding hydrogens is 667 g/mol. The molecule has 0 bridgehead atoms. The zero-order valence-corrected chi connectivity index (χ0v) is 28.2. The van der Waals surface area contributed by atoms with E-state index in [0.717, 1.165) is 24.8 Å². The number of urea groups is 1. The number of unbranched alkanes of at least 4 members (excludes halogenated alkanes) is 1. The van der Waals surface area contributed by atoms with Crippen LogP contribution >= 0.6 is 34.8 Å².